The summed E-state index contributed by atoms with van der Waals surface area (Å²) in [5.41, 5.74) is 3.35. The number of rotatable bonds is 12. The first kappa shape index (κ1) is 26.3. The lowest BCUT2D eigenvalue weighted by molar-refractivity contribution is -0.139. The van der Waals surface area contributed by atoms with Gasteiger partial charge in [-0.2, -0.15) is 0 Å². The molecule has 1 atom stereocenters. The van der Waals surface area contributed by atoms with Crippen LogP contribution in [0, 0.1) is 6.92 Å². The molecule has 0 bridgehead atoms. The van der Waals surface area contributed by atoms with E-state index in [-0.39, 0.29) is 12.2 Å². The minimum absolute atomic E-state index is 0.235. The summed E-state index contributed by atoms with van der Waals surface area (Å²) in [4.78, 5) is 32.8. The Labute approximate surface area is 221 Å². The van der Waals surface area contributed by atoms with Gasteiger partial charge < -0.3 is 19.6 Å². The normalized spacial score (nSPS) is 12.1. The number of carbonyl (C=O) groups excluding carboxylic acids is 1. The second-order valence-corrected chi connectivity index (χ2v) is 8.78. The number of nitrogens with one attached hydrogen (secondary N) is 1. The van der Waals surface area contributed by atoms with E-state index in [0.29, 0.717) is 36.1 Å². The maximum atomic E-state index is 12.3. The number of aliphatic carboxylic acids is 1. The Morgan fingerprint density at radius 3 is 2.47 bits per heavy atom. The van der Waals surface area contributed by atoms with Crippen LogP contribution in [-0.4, -0.2) is 39.5 Å². The van der Waals surface area contributed by atoms with Crippen LogP contribution in [0.3, 0.4) is 0 Å². The van der Waals surface area contributed by atoms with Gasteiger partial charge in [-0.3, -0.25) is 9.78 Å². The number of carboxylic acid groups (broad SMARTS) is 1. The van der Waals surface area contributed by atoms with Crippen LogP contribution < -0.4 is 10.1 Å². The summed E-state index contributed by atoms with van der Waals surface area (Å²) in [7, 11) is 0. The fourth-order valence-electron chi connectivity index (χ4n) is 3.88. The summed E-state index contributed by atoms with van der Waals surface area (Å²) < 4.78 is 11.7. The van der Waals surface area contributed by atoms with E-state index in [1.54, 1.807) is 25.1 Å². The highest BCUT2D eigenvalue weighted by Crippen LogP contribution is 2.22. The molecule has 194 valence electrons. The molecule has 0 aliphatic heterocycles. The molecule has 8 heteroatoms. The maximum absolute atomic E-state index is 12.3. The number of carboxylic acids is 1. The molecular formula is C30H29N3O5. The van der Waals surface area contributed by atoms with Gasteiger partial charge >= 0.3 is 5.97 Å². The lowest BCUT2D eigenvalue weighted by Crippen LogP contribution is -2.37. The van der Waals surface area contributed by atoms with Gasteiger partial charge in [0.1, 0.15) is 23.2 Å². The smallest absolute Gasteiger partial charge is 0.326 e. The van der Waals surface area contributed by atoms with Gasteiger partial charge in [-0.15, -0.1) is 0 Å². The van der Waals surface area contributed by atoms with E-state index in [1.807, 2.05) is 61.5 Å². The number of carbonyl (C=O) groups is 2. The highest BCUT2D eigenvalue weighted by atomic mass is 16.5. The minimum atomic E-state index is -1.01. The number of aromatic nitrogens is 2. The monoisotopic (exact) mass is 511 g/mol. The molecule has 2 aromatic heterocycles. The predicted molar refractivity (Wildman–Crippen MR) is 143 cm³/mol. The average Bonchev–Trinajstić information content (AvgIpc) is 3.30. The minimum Gasteiger partial charge on any atom is -0.493 e. The number of ketones is 1. The Morgan fingerprint density at radius 2 is 1.79 bits per heavy atom. The van der Waals surface area contributed by atoms with E-state index in [4.69, 9.17) is 9.15 Å². The van der Waals surface area contributed by atoms with Gasteiger partial charge in [-0.1, -0.05) is 36.4 Å². The molecule has 8 nitrogen and oxygen atoms in total. The second kappa shape index (κ2) is 12.5. The predicted octanol–water partition coefficient (Wildman–Crippen LogP) is 5.04. The molecule has 4 aromatic rings. The first-order chi connectivity index (χ1) is 18.4. The molecule has 2 aromatic carbocycles. The van der Waals surface area contributed by atoms with Crippen LogP contribution in [0.15, 0.2) is 95.2 Å². The number of hydrogen-bond acceptors (Lipinski definition) is 7. The molecule has 0 aliphatic carbocycles. The van der Waals surface area contributed by atoms with Crippen LogP contribution in [-0.2, 0) is 17.6 Å². The Morgan fingerprint density at radius 1 is 1.05 bits per heavy atom. The SMILES string of the molecule is C/C(=C/C(=O)c1ccccn1)N[C@@H](Cc1ccc(OCCc2nc(-c3ccccc3)oc2C)cc1)C(=O)O. The fourth-order valence-corrected chi connectivity index (χ4v) is 3.88. The highest BCUT2D eigenvalue weighted by Gasteiger charge is 2.18. The van der Waals surface area contributed by atoms with E-state index in [1.165, 1.54) is 12.3 Å². The standard InChI is InChI=1S/C30H29N3O5/c1-20(18-28(34)26-10-6-7-16-31-26)32-27(30(35)36)19-22-11-13-24(14-12-22)37-17-15-25-21(2)38-29(33-25)23-8-4-3-5-9-23/h3-14,16,18,27,32H,15,17,19H2,1-2H3,(H,35,36)/b20-18-/t27-/m0/s1. The maximum Gasteiger partial charge on any atom is 0.326 e. The van der Waals surface area contributed by atoms with Crippen molar-refractivity contribution >= 4 is 11.8 Å². The molecule has 2 N–H and O–H groups in total. The lowest BCUT2D eigenvalue weighted by atomic mass is 10.1. The first-order valence-electron chi connectivity index (χ1n) is 12.3. The Kier molecular flexibility index (Phi) is 8.66. The van der Waals surface area contributed by atoms with Crippen molar-refractivity contribution in [2.24, 2.45) is 0 Å². The van der Waals surface area contributed by atoms with Crippen LogP contribution in [0.2, 0.25) is 0 Å². The van der Waals surface area contributed by atoms with Gasteiger partial charge in [0, 0.05) is 36.4 Å². The average molecular weight is 512 g/mol. The van der Waals surface area contributed by atoms with Crippen molar-refractivity contribution in [3.8, 4) is 17.2 Å². The largest absolute Gasteiger partial charge is 0.493 e. The van der Waals surface area contributed by atoms with Crippen molar-refractivity contribution in [2.45, 2.75) is 32.7 Å². The van der Waals surface area contributed by atoms with Crippen LogP contribution in [0.25, 0.3) is 11.5 Å². The van der Waals surface area contributed by atoms with Gasteiger partial charge in [-0.25, -0.2) is 9.78 Å². The third-order valence-corrected chi connectivity index (χ3v) is 5.85. The lowest BCUT2D eigenvalue weighted by Gasteiger charge is -2.16. The fraction of sp³-hybridized carbons (Fsp3) is 0.200. The van der Waals surface area contributed by atoms with Crippen molar-refractivity contribution in [1.82, 2.24) is 15.3 Å². The van der Waals surface area contributed by atoms with E-state index >= 15 is 0 Å². The van der Waals surface area contributed by atoms with Gasteiger partial charge in [0.15, 0.2) is 0 Å². The van der Waals surface area contributed by atoms with Crippen LogP contribution >= 0.6 is 0 Å². The summed E-state index contributed by atoms with van der Waals surface area (Å²) >= 11 is 0. The van der Waals surface area contributed by atoms with Crippen LogP contribution in [0.4, 0.5) is 0 Å². The van der Waals surface area contributed by atoms with Gasteiger partial charge in [0.25, 0.3) is 0 Å². The van der Waals surface area contributed by atoms with Gasteiger partial charge in [0.05, 0.1) is 12.3 Å². The van der Waals surface area contributed by atoms with Crippen LogP contribution in [0.5, 0.6) is 5.75 Å². The molecule has 0 radical (unpaired) electrons. The molecule has 4 rings (SSSR count). The van der Waals surface area contributed by atoms with Gasteiger partial charge in [-0.05, 0) is 55.8 Å². The van der Waals surface area contributed by atoms with Gasteiger partial charge in [0.2, 0.25) is 11.7 Å². The number of aryl methyl sites for hydroxylation is 1. The summed E-state index contributed by atoms with van der Waals surface area (Å²) in [5.74, 6) is 0.728. The molecule has 2 heterocycles. The number of benzene rings is 2. The van der Waals surface area contributed by atoms with E-state index in [9.17, 15) is 14.7 Å². The van der Waals surface area contributed by atoms with Crippen molar-refractivity contribution in [3.63, 3.8) is 0 Å². The zero-order chi connectivity index (χ0) is 26.9. The Balaban J connectivity index is 1.30. The van der Waals surface area contributed by atoms with Crippen molar-refractivity contribution in [2.75, 3.05) is 6.61 Å². The first-order valence-corrected chi connectivity index (χ1v) is 12.3. The number of allylic oxidation sites excluding steroid dienone is 2. The quantitative estimate of drug-likeness (QED) is 0.201. The van der Waals surface area contributed by atoms with E-state index < -0.39 is 12.0 Å². The topological polar surface area (TPSA) is 115 Å². The van der Waals surface area contributed by atoms with E-state index in [0.717, 1.165) is 22.6 Å². The molecule has 0 saturated carbocycles. The van der Waals surface area contributed by atoms with Crippen molar-refractivity contribution < 1.29 is 23.8 Å². The third-order valence-electron chi connectivity index (χ3n) is 5.85. The summed E-state index contributed by atoms with van der Waals surface area (Å²) in [5, 5.41) is 12.6. The molecule has 0 aliphatic rings. The zero-order valence-electron chi connectivity index (χ0n) is 21.3. The molecule has 0 amide bonds. The molecule has 0 fully saturated rings. The number of oxazole rings is 1. The Bertz CT molecular complexity index is 1400. The summed E-state index contributed by atoms with van der Waals surface area (Å²) in [6, 6.07) is 21.2. The van der Waals surface area contributed by atoms with Crippen molar-refractivity contribution in [1.29, 1.82) is 0 Å². The molecule has 38 heavy (non-hydrogen) atoms. The number of nitrogens with zero attached hydrogens (tertiary/aromatic N) is 2. The molecule has 0 unspecified atom stereocenters. The summed E-state index contributed by atoms with van der Waals surface area (Å²) in [6.07, 6.45) is 3.72. The van der Waals surface area contributed by atoms with E-state index in [2.05, 4.69) is 15.3 Å². The Hall–Kier alpha value is -4.72. The molecular weight excluding hydrogens is 482 g/mol. The number of hydrogen-bond donors (Lipinski definition) is 2. The van der Waals surface area contributed by atoms with Crippen molar-refractivity contribution in [3.05, 3.63) is 113 Å². The molecule has 0 spiro atoms. The number of pyridine rings is 1. The summed E-state index contributed by atoms with van der Waals surface area (Å²) in [6.45, 7) is 3.98. The highest BCUT2D eigenvalue weighted by molar-refractivity contribution is 6.03. The molecule has 0 saturated heterocycles. The third kappa shape index (κ3) is 7.16. The zero-order valence-corrected chi connectivity index (χ0v) is 21.3. The second-order valence-electron chi connectivity index (χ2n) is 8.78. The number of ether oxygens (including phenoxy) is 1. The van der Waals surface area contributed by atoms with Crippen LogP contribution in [0.1, 0.15) is 34.4 Å².